The summed E-state index contributed by atoms with van der Waals surface area (Å²) in [4.78, 5) is 27.6. The maximum Gasteiger partial charge on any atom is 0.273 e. The van der Waals surface area contributed by atoms with Crippen molar-refractivity contribution in [2.24, 2.45) is 0 Å². The molecular weight excluding hydrogens is 342 g/mol. The largest absolute Gasteiger partial charge is 0.309 e. The lowest BCUT2D eigenvalue weighted by molar-refractivity contribution is -0.385. The first-order valence-electron chi connectivity index (χ1n) is 9.42. The van der Waals surface area contributed by atoms with Gasteiger partial charge in [-0.25, -0.2) is 0 Å². The fourth-order valence-corrected chi connectivity index (χ4v) is 3.72. The summed E-state index contributed by atoms with van der Waals surface area (Å²) in [5, 5.41) is 11.2. The maximum absolute atomic E-state index is 12.5. The third-order valence-electron chi connectivity index (χ3n) is 5.11. The van der Waals surface area contributed by atoms with Gasteiger partial charge in [0.25, 0.3) is 5.69 Å². The van der Waals surface area contributed by atoms with Gasteiger partial charge in [0.15, 0.2) is 0 Å². The van der Waals surface area contributed by atoms with Crippen LogP contribution in [0.15, 0.2) is 54.6 Å². The number of nitro benzene ring substituents is 1. The molecule has 0 saturated carbocycles. The minimum atomic E-state index is -0.320. The number of rotatable bonds is 6. The van der Waals surface area contributed by atoms with Crippen molar-refractivity contribution in [1.29, 1.82) is 0 Å². The molecule has 1 amide bonds. The highest BCUT2D eigenvalue weighted by molar-refractivity contribution is 5.93. The number of nitrogens with zero attached hydrogens (tertiary/aromatic N) is 3. The van der Waals surface area contributed by atoms with Gasteiger partial charge in [-0.05, 0) is 25.0 Å². The standard InChI is InChI=1S/C21H25N3O3/c1-2-21(25)23(18-9-4-3-5-10-18)19-12-14-22(15-13-19)16-17-8-6-7-11-20(17)24(26)27/h3-11,19H,2,12-16H2,1H3. The molecule has 0 N–H and O–H groups in total. The average molecular weight is 367 g/mol. The predicted octanol–water partition coefficient (Wildman–Crippen LogP) is 4.00. The molecule has 0 aliphatic carbocycles. The van der Waals surface area contributed by atoms with E-state index in [9.17, 15) is 14.9 Å². The van der Waals surface area contributed by atoms with Crippen molar-refractivity contribution >= 4 is 17.3 Å². The van der Waals surface area contributed by atoms with Gasteiger partial charge in [-0.2, -0.15) is 0 Å². The van der Waals surface area contributed by atoms with Crippen LogP contribution >= 0.6 is 0 Å². The molecule has 3 rings (SSSR count). The Kier molecular flexibility index (Phi) is 6.19. The number of para-hydroxylation sites is 2. The van der Waals surface area contributed by atoms with Crippen LogP contribution in [-0.4, -0.2) is 34.9 Å². The van der Waals surface area contributed by atoms with Crippen LogP contribution in [0.4, 0.5) is 11.4 Å². The monoisotopic (exact) mass is 367 g/mol. The molecule has 2 aromatic carbocycles. The summed E-state index contributed by atoms with van der Waals surface area (Å²) in [6.45, 7) is 4.09. The Morgan fingerprint density at radius 2 is 1.74 bits per heavy atom. The molecule has 0 aromatic heterocycles. The fraction of sp³-hybridized carbons (Fsp3) is 0.381. The van der Waals surface area contributed by atoms with E-state index in [0.29, 0.717) is 13.0 Å². The molecule has 0 radical (unpaired) electrons. The zero-order valence-corrected chi connectivity index (χ0v) is 15.6. The summed E-state index contributed by atoms with van der Waals surface area (Å²) >= 11 is 0. The van der Waals surface area contributed by atoms with Gasteiger partial charge in [0, 0.05) is 49.4 Å². The van der Waals surface area contributed by atoms with Crippen molar-refractivity contribution in [1.82, 2.24) is 4.90 Å². The summed E-state index contributed by atoms with van der Waals surface area (Å²) in [5.41, 5.74) is 1.86. The van der Waals surface area contributed by atoms with E-state index in [-0.39, 0.29) is 22.6 Å². The lowest BCUT2D eigenvalue weighted by Crippen LogP contribution is -2.47. The Hall–Kier alpha value is -2.73. The van der Waals surface area contributed by atoms with E-state index >= 15 is 0 Å². The van der Waals surface area contributed by atoms with Gasteiger partial charge < -0.3 is 4.90 Å². The van der Waals surface area contributed by atoms with Gasteiger partial charge in [0.05, 0.1) is 4.92 Å². The van der Waals surface area contributed by atoms with Crippen LogP contribution in [0.1, 0.15) is 31.7 Å². The van der Waals surface area contributed by atoms with Crippen molar-refractivity contribution in [3.8, 4) is 0 Å². The van der Waals surface area contributed by atoms with Crippen LogP contribution < -0.4 is 4.90 Å². The molecule has 0 spiro atoms. The van der Waals surface area contributed by atoms with E-state index in [1.807, 2.05) is 54.3 Å². The summed E-state index contributed by atoms with van der Waals surface area (Å²) in [7, 11) is 0. The van der Waals surface area contributed by atoms with E-state index < -0.39 is 0 Å². The third kappa shape index (κ3) is 4.52. The second kappa shape index (κ2) is 8.77. The summed E-state index contributed by atoms with van der Waals surface area (Å²) < 4.78 is 0. The Morgan fingerprint density at radius 1 is 1.11 bits per heavy atom. The van der Waals surface area contributed by atoms with E-state index in [0.717, 1.165) is 37.2 Å². The molecule has 1 heterocycles. The molecule has 6 heteroatoms. The second-order valence-electron chi connectivity index (χ2n) is 6.85. The molecule has 6 nitrogen and oxygen atoms in total. The fourth-order valence-electron chi connectivity index (χ4n) is 3.72. The number of amides is 1. The van der Waals surface area contributed by atoms with Crippen molar-refractivity contribution in [3.63, 3.8) is 0 Å². The number of anilines is 1. The van der Waals surface area contributed by atoms with Crippen LogP contribution in [-0.2, 0) is 11.3 Å². The van der Waals surface area contributed by atoms with E-state index in [2.05, 4.69) is 4.90 Å². The molecule has 27 heavy (non-hydrogen) atoms. The van der Waals surface area contributed by atoms with Crippen molar-refractivity contribution in [2.75, 3.05) is 18.0 Å². The van der Waals surface area contributed by atoms with E-state index in [4.69, 9.17) is 0 Å². The number of piperidine rings is 1. The first-order valence-corrected chi connectivity index (χ1v) is 9.42. The highest BCUT2D eigenvalue weighted by atomic mass is 16.6. The lowest BCUT2D eigenvalue weighted by atomic mass is 10.0. The molecule has 1 aliphatic rings. The third-order valence-corrected chi connectivity index (χ3v) is 5.11. The van der Waals surface area contributed by atoms with Gasteiger partial charge in [0.1, 0.15) is 0 Å². The number of nitro groups is 1. The number of likely N-dealkylation sites (tertiary alicyclic amines) is 1. The Morgan fingerprint density at radius 3 is 2.37 bits per heavy atom. The van der Waals surface area contributed by atoms with Gasteiger partial charge in [-0.1, -0.05) is 43.3 Å². The van der Waals surface area contributed by atoms with Crippen LogP contribution in [0.25, 0.3) is 0 Å². The number of carbonyl (C=O) groups is 1. The first kappa shape index (κ1) is 19.0. The average Bonchev–Trinajstić information content (AvgIpc) is 2.70. The minimum absolute atomic E-state index is 0.137. The molecule has 1 fully saturated rings. The molecule has 0 atom stereocenters. The number of carbonyl (C=O) groups excluding carboxylic acids is 1. The molecule has 0 unspecified atom stereocenters. The molecular formula is C21H25N3O3. The van der Waals surface area contributed by atoms with E-state index in [1.54, 1.807) is 12.1 Å². The highest BCUT2D eigenvalue weighted by Crippen LogP contribution is 2.26. The second-order valence-corrected chi connectivity index (χ2v) is 6.85. The number of hydrogen-bond acceptors (Lipinski definition) is 4. The van der Waals surface area contributed by atoms with Crippen LogP contribution in [0.3, 0.4) is 0 Å². The number of benzene rings is 2. The van der Waals surface area contributed by atoms with E-state index in [1.165, 1.54) is 0 Å². The molecule has 1 aliphatic heterocycles. The molecule has 2 aromatic rings. The van der Waals surface area contributed by atoms with Crippen molar-refractivity contribution < 1.29 is 9.72 Å². The summed E-state index contributed by atoms with van der Waals surface area (Å²) in [5.74, 6) is 0.137. The SMILES string of the molecule is CCC(=O)N(c1ccccc1)C1CCN(Cc2ccccc2[N+](=O)[O-])CC1. The van der Waals surface area contributed by atoms with Crippen molar-refractivity contribution in [2.45, 2.75) is 38.8 Å². The van der Waals surface area contributed by atoms with Crippen LogP contribution in [0, 0.1) is 10.1 Å². The minimum Gasteiger partial charge on any atom is -0.309 e. The van der Waals surface area contributed by atoms with Gasteiger partial charge >= 0.3 is 0 Å². The molecule has 0 bridgehead atoms. The van der Waals surface area contributed by atoms with Gasteiger partial charge in [-0.3, -0.25) is 19.8 Å². The Bertz CT molecular complexity index is 786. The summed E-state index contributed by atoms with van der Waals surface area (Å²) in [6.07, 6.45) is 2.20. The normalized spacial score (nSPS) is 15.4. The quantitative estimate of drug-likeness (QED) is 0.572. The topological polar surface area (TPSA) is 66.7 Å². The van der Waals surface area contributed by atoms with Crippen LogP contribution in [0.2, 0.25) is 0 Å². The smallest absolute Gasteiger partial charge is 0.273 e. The van der Waals surface area contributed by atoms with Crippen LogP contribution in [0.5, 0.6) is 0 Å². The van der Waals surface area contributed by atoms with Gasteiger partial charge in [0.2, 0.25) is 5.91 Å². The maximum atomic E-state index is 12.5. The zero-order chi connectivity index (χ0) is 19.2. The summed E-state index contributed by atoms with van der Waals surface area (Å²) in [6, 6.07) is 16.9. The van der Waals surface area contributed by atoms with Crippen molar-refractivity contribution in [3.05, 3.63) is 70.3 Å². The number of hydrogen-bond donors (Lipinski definition) is 0. The first-order chi connectivity index (χ1) is 13.1. The molecule has 142 valence electrons. The Balaban J connectivity index is 1.67. The lowest BCUT2D eigenvalue weighted by Gasteiger charge is -2.38. The van der Waals surface area contributed by atoms with Gasteiger partial charge in [-0.15, -0.1) is 0 Å². The predicted molar refractivity (Wildman–Crippen MR) is 106 cm³/mol. The highest BCUT2D eigenvalue weighted by Gasteiger charge is 2.29. The Labute approximate surface area is 159 Å². The molecule has 1 saturated heterocycles. The zero-order valence-electron chi connectivity index (χ0n) is 15.6.